The summed E-state index contributed by atoms with van der Waals surface area (Å²) in [4.78, 5) is 17.6. The van der Waals surface area contributed by atoms with Crippen LogP contribution >= 0.6 is 0 Å². The van der Waals surface area contributed by atoms with Gasteiger partial charge in [0.2, 0.25) is 5.91 Å². The van der Waals surface area contributed by atoms with Gasteiger partial charge in [-0.3, -0.25) is 4.79 Å². The Morgan fingerprint density at radius 1 is 1.00 bits per heavy atom. The lowest BCUT2D eigenvalue weighted by atomic mass is 10.2. The number of rotatable bonds is 7. The van der Waals surface area contributed by atoms with Gasteiger partial charge in [0.05, 0.1) is 11.0 Å². The number of aryl methyl sites for hydroxylation is 1. The molecule has 0 atom stereocenters. The van der Waals surface area contributed by atoms with Crippen molar-refractivity contribution < 1.29 is 9.53 Å². The number of fused-ring (bicyclic) bond motifs is 1. The van der Waals surface area contributed by atoms with Crippen LogP contribution in [0.2, 0.25) is 0 Å². The van der Waals surface area contributed by atoms with E-state index in [2.05, 4.69) is 25.8 Å². The molecule has 164 valence electrons. The van der Waals surface area contributed by atoms with Gasteiger partial charge in [-0.1, -0.05) is 42.5 Å². The fourth-order valence-corrected chi connectivity index (χ4v) is 3.63. The molecule has 0 saturated heterocycles. The summed E-state index contributed by atoms with van der Waals surface area (Å²) in [6.45, 7) is 0.352. The van der Waals surface area contributed by atoms with E-state index < -0.39 is 0 Å². The number of anilines is 1. The highest BCUT2D eigenvalue weighted by Crippen LogP contribution is 2.21. The van der Waals surface area contributed by atoms with Crippen molar-refractivity contribution >= 4 is 22.6 Å². The summed E-state index contributed by atoms with van der Waals surface area (Å²) in [6, 6.07) is 24.7. The predicted molar refractivity (Wildman–Crippen MR) is 123 cm³/mol. The van der Waals surface area contributed by atoms with Gasteiger partial charge in [0, 0.05) is 18.3 Å². The Hall–Kier alpha value is -4.53. The lowest BCUT2D eigenvalue weighted by Crippen LogP contribution is -2.20. The molecule has 1 N–H and O–H groups in total. The van der Waals surface area contributed by atoms with E-state index in [1.165, 1.54) is 0 Å². The van der Waals surface area contributed by atoms with Crippen molar-refractivity contribution in [2.75, 3.05) is 5.32 Å². The number of carbonyl (C=O) groups excluding carboxylic acids is 1. The lowest BCUT2D eigenvalue weighted by molar-refractivity contribution is -0.116. The molecule has 0 aliphatic rings. The fourth-order valence-electron chi connectivity index (χ4n) is 3.63. The standard InChI is InChI=1S/C24H21N7O2/c1-30-24(27-28-29-30)17-8-7-9-18(14-17)25-23(32)15-31-21-13-6-5-12-20(21)26-22(31)16-33-19-10-3-2-4-11-19/h2-14H,15-16H2,1H3,(H,25,32). The van der Waals surface area contributed by atoms with E-state index in [0.29, 0.717) is 17.3 Å². The number of aromatic nitrogens is 6. The second kappa shape index (κ2) is 8.91. The smallest absolute Gasteiger partial charge is 0.244 e. The molecule has 0 aliphatic heterocycles. The van der Waals surface area contributed by atoms with Gasteiger partial charge in [-0.2, -0.15) is 0 Å². The summed E-state index contributed by atoms with van der Waals surface area (Å²) >= 11 is 0. The van der Waals surface area contributed by atoms with Crippen LogP contribution in [0.25, 0.3) is 22.4 Å². The van der Waals surface area contributed by atoms with E-state index in [-0.39, 0.29) is 19.1 Å². The van der Waals surface area contributed by atoms with Gasteiger partial charge in [-0.15, -0.1) is 5.10 Å². The van der Waals surface area contributed by atoms with Crippen molar-refractivity contribution in [3.05, 3.63) is 84.7 Å². The molecule has 2 heterocycles. The predicted octanol–water partition coefficient (Wildman–Crippen LogP) is 3.44. The van der Waals surface area contributed by atoms with Crippen LogP contribution in [0.4, 0.5) is 5.69 Å². The minimum Gasteiger partial charge on any atom is -0.486 e. The van der Waals surface area contributed by atoms with Crippen molar-refractivity contribution in [1.29, 1.82) is 0 Å². The molecule has 5 aromatic rings. The average molecular weight is 439 g/mol. The first kappa shape index (κ1) is 20.4. The highest BCUT2D eigenvalue weighted by atomic mass is 16.5. The number of nitrogens with zero attached hydrogens (tertiary/aromatic N) is 6. The SMILES string of the molecule is Cn1nnnc1-c1cccc(NC(=O)Cn2c(COc3ccccc3)nc3ccccc32)c1. The van der Waals surface area contributed by atoms with Crippen LogP contribution in [0, 0.1) is 0 Å². The molecule has 0 aliphatic carbocycles. The summed E-state index contributed by atoms with van der Waals surface area (Å²) in [7, 11) is 1.77. The number of hydrogen-bond acceptors (Lipinski definition) is 6. The largest absolute Gasteiger partial charge is 0.486 e. The first-order valence-electron chi connectivity index (χ1n) is 10.4. The Morgan fingerprint density at radius 3 is 2.64 bits per heavy atom. The summed E-state index contributed by atoms with van der Waals surface area (Å²) < 4.78 is 9.35. The van der Waals surface area contributed by atoms with Gasteiger partial charge in [-0.05, 0) is 46.8 Å². The maximum atomic E-state index is 13.0. The van der Waals surface area contributed by atoms with Crippen molar-refractivity contribution in [3.8, 4) is 17.1 Å². The zero-order valence-electron chi connectivity index (χ0n) is 17.9. The Bertz CT molecular complexity index is 1410. The van der Waals surface area contributed by atoms with Crippen molar-refractivity contribution in [3.63, 3.8) is 0 Å². The number of benzene rings is 3. The van der Waals surface area contributed by atoms with E-state index in [4.69, 9.17) is 4.74 Å². The van der Waals surface area contributed by atoms with Crippen LogP contribution in [-0.4, -0.2) is 35.7 Å². The van der Waals surface area contributed by atoms with Gasteiger partial charge < -0.3 is 14.6 Å². The van der Waals surface area contributed by atoms with Crippen LogP contribution in [-0.2, 0) is 25.0 Å². The summed E-state index contributed by atoms with van der Waals surface area (Å²) in [6.07, 6.45) is 0. The first-order chi connectivity index (χ1) is 16.2. The van der Waals surface area contributed by atoms with E-state index in [9.17, 15) is 4.79 Å². The molecule has 1 amide bonds. The van der Waals surface area contributed by atoms with Crippen LogP contribution in [0.15, 0.2) is 78.9 Å². The van der Waals surface area contributed by atoms with Crippen molar-refractivity contribution in [2.45, 2.75) is 13.2 Å². The summed E-state index contributed by atoms with van der Waals surface area (Å²) in [5.41, 5.74) is 3.16. The second-order valence-corrected chi connectivity index (χ2v) is 7.46. The zero-order chi connectivity index (χ0) is 22.6. The Labute approximate surface area is 189 Å². The molecule has 5 rings (SSSR count). The van der Waals surface area contributed by atoms with Crippen LogP contribution in [0.5, 0.6) is 5.75 Å². The molecule has 9 nitrogen and oxygen atoms in total. The molecular weight excluding hydrogens is 418 g/mol. The molecule has 0 radical (unpaired) electrons. The molecule has 0 fully saturated rings. The summed E-state index contributed by atoms with van der Waals surface area (Å²) in [5.74, 6) is 1.86. The third-order valence-electron chi connectivity index (χ3n) is 5.17. The van der Waals surface area contributed by atoms with Crippen LogP contribution < -0.4 is 10.1 Å². The monoisotopic (exact) mass is 439 g/mol. The van der Waals surface area contributed by atoms with Gasteiger partial charge in [0.25, 0.3) is 0 Å². The van der Waals surface area contributed by atoms with Gasteiger partial charge >= 0.3 is 0 Å². The second-order valence-electron chi connectivity index (χ2n) is 7.46. The van der Waals surface area contributed by atoms with E-state index in [0.717, 1.165) is 22.3 Å². The third-order valence-corrected chi connectivity index (χ3v) is 5.17. The maximum absolute atomic E-state index is 13.0. The number of para-hydroxylation sites is 3. The number of carbonyl (C=O) groups is 1. The number of amides is 1. The molecule has 3 aromatic carbocycles. The van der Waals surface area contributed by atoms with Gasteiger partial charge in [0.1, 0.15) is 24.7 Å². The highest BCUT2D eigenvalue weighted by Gasteiger charge is 2.15. The number of hydrogen-bond donors (Lipinski definition) is 1. The fraction of sp³-hybridized carbons (Fsp3) is 0.125. The van der Waals surface area contributed by atoms with Crippen LogP contribution in [0.3, 0.4) is 0 Å². The molecule has 0 saturated carbocycles. The molecule has 33 heavy (non-hydrogen) atoms. The van der Waals surface area contributed by atoms with E-state index in [1.807, 2.05) is 83.4 Å². The Kier molecular flexibility index (Phi) is 5.50. The maximum Gasteiger partial charge on any atom is 0.244 e. The Morgan fingerprint density at radius 2 is 1.82 bits per heavy atom. The quantitative estimate of drug-likeness (QED) is 0.417. The average Bonchev–Trinajstić information content (AvgIpc) is 3.42. The molecule has 9 heteroatoms. The number of ether oxygens (including phenoxy) is 1. The highest BCUT2D eigenvalue weighted by molar-refractivity contribution is 5.92. The van der Waals surface area contributed by atoms with Gasteiger partial charge in [-0.25, -0.2) is 9.67 Å². The van der Waals surface area contributed by atoms with Crippen molar-refractivity contribution in [2.24, 2.45) is 7.05 Å². The summed E-state index contributed by atoms with van der Waals surface area (Å²) in [5, 5.41) is 14.5. The molecule has 2 aromatic heterocycles. The minimum absolute atomic E-state index is 0.101. The topological polar surface area (TPSA) is 99.8 Å². The number of nitrogens with one attached hydrogen (secondary N) is 1. The van der Waals surface area contributed by atoms with Gasteiger partial charge in [0.15, 0.2) is 5.82 Å². The van der Waals surface area contributed by atoms with E-state index >= 15 is 0 Å². The zero-order valence-corrected chi connectivity index (χ0v) is 17.9. The molecule has 0 spiro atoms. The molecule has 0 unspecified atom stereocenters. The number of tetrazole rings is 1. The lowest BCUT2D eigenvalue weighted by Gasteiger charge is -2.11. The molecule has 0 bridgehead atoms. The third kappa shape index (κ3) is 4.42. The van der Waals surface area contributed by atoms with Crippen molar-refractivity contribution in [1.82, 2.24) is 29.8 Å². The molecular formula is C24H21N7O2. The van der Waals surface area contributed by atoms with Crippen LogP contribution in [0.1, 0.15) is 5.82 Å². The first-order valence-corrected chi connectivity index (χ1v) is 10.4. The number of imidazole rings is 1. The minimum atomic E-state index is -0.174. The normalized spacial score (nSPS) is 10.9. The Balaban J connectivity index is 1.36. The van der Waals surface area contributed by atoms with E-state index in [1.54, 1.807) is 11.7 Å².